The van der Waals surface area contributed by atoms with Crippen molar-refractivity contribution in [1.82, 2.24) is 20.5 Å². The number of ether oxygens (including phenoxy) is 2. The second kappa shape index (κ2) is 8.11. The first kappa shape index (κ1) is 19.7. The Morgan fingerprint density at radius 1 is 1.03 bits per heavy atom. The van der Waals surface area contributed by atoms with E-state index in [-0.39, 0.29) is 17.7 Å². The average molecular weight is 422 g/mol. The predicted octanol–water partition coefficient (Wildman–Crippen LogP) is 3.53. The first-order chi connectivity index (χ1) is 15.1. The summed E-state index contributed by atoms with van der Waals surface area (Å²) in [6.07, 6.45) is 2.55. The van der Waals surface area contributed by atoms with Gasteiger partial charge in [0, 0.05) is 42.4 Å². The van der Waals surface area contributed by atoms with Crippen LogP contribution in [-0.2, 0) is 0 Å². The van der Waals surface area contributed by atoms with E-state index in [2.05, 4.69) is 20.5 Å². The predicted molar refractivity (Wildman–Crippen MR) is 113 cm³/mol. The van der Waals surface area contributed by atoms with Crippen molar-refractivity contribution in [3.8, 4) is 39.9 Å². The standard InChI is InChI=1S/C23H23FN4O3/c1-30-22-11-14(8-9-25-22)13-2-4-16(19(29)10-13)17-6-7-21(28-27-17)31-20-12-15-3-5-18(26-15)23(20)24/h2,4,6-11,15,18,20,23,26,29H,3,5,12H2,1H3/t15-,18+,20-,23+/m0/s1. The van der Waals surface area contributed by atoms with Gasteiger partial charge in [-0.1, -0.05) is 6.07 Å². The molecule has 1 aromatic carbocycles. The molecule has 2 fully saturated rings. The van der Waals surface area contributed by atoms with Crippen molar-refractivity contribution < 1.29 is 19.0 Å². The molecule has 160 valence electrons. The van der Waals surface area contributed by atoms with Gasteiger partial charge in [-0.3, -0.25) is 0 Å². The fraction of sp³-hybridized carbons (Fsp3) is 0.348. The highest BCUT2D eigenvalue weighted by Crippen LogP contribution is 2.34. The number of halogens is 1. The molecular formula is C23H23FN4O3. The molecule has 2 aliphatic heterocycles. The number of nitrogens with one attached hydrogen (secondary N) is 1. The Morgan fingerprint density at radius 3 is 2.68 bits per heavy atom. The van der Waals surface area contributed by atoms with Gasteiger partial charge in [0.2, 0.25) is 11.8 Å². The van der Waals surface area contributed by atoms with Gasteiger partial charge in [-0.2, -0.15) is 0 Å². The number of phenols is 1. The largest absolute Gasteiger partial charge is 0.507 e. The molecule has 7 nitrogen and oxygen atoms in total. The lowest BCUT2D eigenvalue weighted by Gasteiger charge is -2.32. The molecule has 3 aromatic rings. The van der Waals surface area contributed by atoms with Crippen molar-refractivity contribution in [2.45, 2.75) is 43.6 Å². The SMILES string of the molecule is COc1cc(-c2ccc(-c3ccc(O[C@H]4C[C@@H]5CC[C@@H](N5)[C@H]4F)nn3)c(O)c2)ccn1. The lowest BCUT2D eigenvalue weighted by atomic mass is 10.0. The fourth-order valence-electron chi connectivity index (χ4n) is 4.38. The quantitative estimate of drug-likeness (QED) is 0.650. The molecule has 0 radical (unpaired) electrons. The van der Waals surface area contributed by atoms with Crippen molar-refractivity contribution in [1.29, 1.82) is 0 Å². The Labute approximate surface area is 179 Å². The van der Waals surface area contributed by atoms with Gasteiger partial charge in [-0.25, -0.2) is 9.37 Å². The minimum absolute atomic E-state index is 0.0787. The van der Waals surface area contributed by atoms with Crippen LogP contribution in [0.2, 0.25) is 0 Å². The maximum absolute atomic E-state index is 14.6. The number of methoxy groups -OCH3 is 1. The lowest BCUT2D eigenvalue weighted by molar-refractivity contribution is 0.0422. The molecular weight excluding hydrogens is 399 g/mol. The van der Waals surface area contributed by atoms with E-state index < -0.39 is 12.3 Å². The normalized spacial score (nSPS) is 24.7. The molecule has 31 heavy (non-hydrogen) atoms. The number of hydrogen-bond acceptors (Lipinski definition) is 7. The summed E-state index contributed by atoms with van der Waals surface area (Å²) in [6, 6.07) is 12.5. The van der Waals surface area contributed by atoms with E-state index in [0.29, 0.717) is 29.6 Å². The van der Waals surface area contributed by atoms with E-state index >= 15 is 0 Å². The van der Waals surface area contributed by atoms with Gasteiger partial charge in [-0.15, -0.1) is 10.2 Å². The minimum atomic E-state index is -1.05. The molecule has 0 spiro atoms. The number of rotatable bonds is 5. The Balaban J connectivity index is 1.32. The summed E-state index contributed by atoms with van der Waals surface area (Å²) in [4.78, 5) is 4.10. The number of hydrogen-bond donors (Lipinski definition) is 2. The van der Waals surface area contributed by atoms with E-state index in [4.69, 9.17) is 9.47 Å². The molecule has 2 N–H and O–H groups in total. The summed E-state index contributed by atoms with van der Waals surface area (Å²) in [5.74, 6) is 0.868. The van der Waals surface area contributed by atoms with E-state index in [1.807, 2.05) is 12.1 Å². The monoisotopic (exact) mass is 422 g/mol. The van der Waals surface area contributed by atoms with E-state index in [9.17, 15) is 9.50 Å². The van der Waals surface area contributed by atoms with Crippen LogP contribution in [0.3, 0.4) is 0 Å². The number of phenolic OH excluding ortho intramolecular Hbond substituents is 1. The summed E-state index contributed by atoms with van der Waals surface area (Å²) in [6.45, 7) is 0. The van der Waals surface area contributed by atoms with Crippen LogP contribution in [-0.4, -0.2) is 51.8 Å². The Hall–Kier alpha value is -3.26. The minimum Gasteiger partial charge on any atom is -0.507 e. The summed E-state index contributed by atoms with van der Waals surface area (Å²) < 4.78 is 25.5. The number of aromatic nitrogens is 3. The average Bonchev–Trinajstić information content (AvgIpc) is 3.21. The molecule has 5 rings (SSSR count). The summed E-state index contributed by atoms with van der Waals surface area (Å²) in [5.41, 5.74) is 2.75. The van der Waals surface area contributed by atoms with Crippen LogP contribution in [0.4, 0.5) is 4.39 Å². The molecule has 2 aliphatic rings. The summed E-state index contributed by atoms with van der Waals surface area (Å²) in [5, 5.41) is 22.1. The van der Waals surface area contributed by atoms with Gasteiger partial charge < -0.3 is 19.9 Å². The topological polar surface area (TPSA) is 89.4 Å². The van der Waals surface area contributed by atoms with E-state index in [1.165, 1.54) is 0 Å². The third-order valence-electron chi connectivity index (χ3n) is 6.00. The fourth-order valence-corrected chi connectivity index (χ4v) is 4.38. The molecule has 2 saturated heterocycles. The van der Waals surface area contributed by atoms with Gasteiger partial charge in [0.15, 0.2) is 6.17 Å². The number of piperidine rings is 1. The van der Waals surface area contributed by atoms with Crippen molar-refractivity contribution in [3.63, 3.8) is 0 Å². The zero-order chi connectivity index (χ0) is 21.4. The summed E-state index contributed by atoms with van der Waals surface area (Å²) in [7, 11) is 1.56. The number of aromatic hydroxyl groups is 1. The number of benzene rings is 1. The molecule has 0 aliphatic carbocycles. The molecule has 0 saturated carbocycles. The number of fused-ring (bicyclic) bond motifs is 2. The van der Waals surface area contributed by atoms with Gasteiger partial charge in [0.25, 0.3) is 0 Å². The Bertz CT molecular complexity index is 1080. The second-order valence-corrected chi connectivity index (χ2v) is 7.96. The number of nitrogens with zero attached hydrogens (tertiary/aromatic N) is 3. The number of alkyl halides is 1. The van der Waals surface area contributed by atoms with Crippen molar-refractivity contribution in [2.75, 3.05) is 7.11 Å². The van der Waals surface area contributed by atoms with Crippen LogP contribution >= 0.6 is 0 Å². The Kier molecular flexibility index (Phi) is 5.15. The first-order valence-corrected chi connectivity index (χ1v) is 10.3. The van der Waals surface area contributed by atoms with Crippen LogP contribution in [0.5, 0.6) is 17.5 Å². The molecule has 8 heteroatoms. The molecule has 0 amide bonds. The van der Waals surface area contributed by atoms with E-state index in [0.717, 1.165) is 24.0 Å². The Morgan fingerprint density at radius 2 is 1.90 bits per heavy atom. The van der Waals surface area contributed by atoms with Gasteiger partial charge in [0.05, 0.1) is 12.8 Å². The van der Waals surface area contributed by atoms with Crippen LogP contribution in [0, 0.1) is 0 Å². The number of pyridine rings is 1. The highest BCUT2D eigenvalue weighted by atomic mass is 19.1. The van der Waals surface area contributed by atoms with E-state index in [1.54, 1.807) is 43.6 Å². The van der Waals surface area contributed by atoms with Gasteiger partial charge in [0.1, 0.15) is 11.9 Å². The smallest absolute Gasteiger partial charge is 0.233 e. The van der Waals surface area contributed by atoms with Crippen molar-refractivity contribution in [2.24, 2.45) is 0 Å². The highest BCUT2D eigenvalue weighted by Gasteiger charge is 2.43. The maximum Gasteiger partial charge on any atom is 0.233 e. The highest BCUT2D eigenvalue weighted by molar-refractivity contribution is 5.74. The molecule has 2 aromatic heterocycles. The lowest BCUT2D eigenvalue weighted by Crippen LogP contribution is -2.51. The van der Waals surface area contributed by atoms with Crippen molar-refractivity contribution in [3.05, 3.63) is 48.7 Å². The second-order valence-electron chi connectivity index (χ2n) is 7.96. The molecule has 0 unspecified atom stereocenters. The van der Waals surface area contributed by atoms with Crippen LogP contribution in [0.25, 0.3) is 22.4 Å². The van der Waals surface area contributed by atoms with Crippen LogP contribution in [0.1, 0.15) is 19.3 Å². The zero-order valence-corrected chi connectivity index (χ0v) is 17.0. The molecule has 4 atom stereocenters. The third kappa shape index (κ3) is 3.90. The summed E-state index contributed by atoms with van der Waals surface area (Å²) >= 11 is 0. The van der Waals surface area contributed by atoms with Crippen LogP contribution < -0.4 is 14.8 Å². The first-order valence-electron chi connectivity index (χ1n) is 10.3. The van der Waals surface area contributed by atoms with Gasteiger partial charge in [-0.05, 0) is 48.2 Å². The van der Waals surface area contributed by atoms with Crippen LogP contribution in [0.15, 0.2) is 48.7 Å². The molecule has 4 heterocycles. The van der Waals surface area contributed by atoms with Gasteiger partial charge >= 0.3 is 0 Å². The zero-order valence-electron chi connectivity index (χ0n) is 17.0. The maximum atomic E-state index is 14.6. The third-order valence-corrected chi connectivity index (χ3v) is 6.00. The van der Waals surface area contributed by atoms with Crippen molar-refractivity contribution >= 4 is 0 Å². The molecule has 2 bridgehead atoms.